The van der Waals surface area contributed by atoms with Crippen LogP contribution in [0.3, 0.4) is 0 Å². The van der Waals surface area contributed by atoms with Gasteiger partial charge in [0.15, 0.2) is 12.0 Å². The predicted octanol–water partition coefficient (Wildman–Crippen LogP) is 6.94. The molecule has 15 heteroatoms. The third-order valence-corrected chi connectivity index (χ3v) is 7.92. The highest BCUT2D eigenvalue weighted by molar-refractivity contribution is 6.31. The SMILES string of the molecule is O=C(C1=CONC1(CC1OCCO1)c1ccccc1Cl)c1nnn(Cc2cc(C(F)(F)F)cc(C(F)(F)F)c2)c1-c1ccccc1. The summed E-state index contributed by atoms with van der Waals surface area (Å²) in [6.07, 6.45) is -9.59. The molecule has 1 atom stereocenters. The van der Waals surface area contributed by atoms with E-state index in [-0.39, 0.29) is 35.0 Å². The Labute approximate surface area is 262 Å². The molecule has 0 saturated carbocycles. The van der Waals surface area contributed by atoms with Gasteiger partial charge in [-0.2, -0.15) is 26.3 Å². The zero-order valence-electron chi connectivity index (χ0n) is 23.5. The average Bonchev–Trinajstić information content (AvgIpc) is 3.78. The molecule has 46 heavy (non-hydrogen) atoms. The second kappa shape index (κ2) is 12.2. The van der Waals surface area contributed by atoms with Crippen LogP contribution in [0.4, 0.5) is 26.3 Å². The van der Waals surface area contributed by atoms with E-state index < -0.39 is 47.6 Å². The van der Waals surface area contributed by atoms with Crippen LogP contribution in [0.25, 0.3) is 11.3 Å². The molecule has 0 aliphatic carbocycles. The van der Waals surface area contributed by atoms with Crippen molar-refractivity contribution >= 4 is 17.4 Å². The number of Topliss-reactive ketones (excluding diaryl/α,β-unsaturated/α-hetero) is 1. The van der Waals surface area contributed by atoms with Crippen molar-refractivity contribution in [2.45, 2.75) is 37.1 Å². The molecule has 0 bridgehead atoms. The molecular formula is C31H23ClF6N4O4. The Kier molecular flexibility index (Phi) is 8.40. The van der Waals surface area contributed by atoms with Gasteiger partial charge >= 0.3 is 12.4 Å². The Balaban J connectivity index is 1.46. The van der Waals surface area contributed by atoms with Crippen LogP contribution >= 0.6 is 11.6 Å². The van der Waals surface area contributed by atoms with Gasteiger partial charge in [0.25, 0.3) is 0 Å². The van der Waals surface area contributed by atoms with Crippen LogP contribution in [-0.4, -0.2) is 40.3 Å². The lowest BCUT2D eigenvalue weighted by Crippen LogP contribution is -2.44. The number of benzene rings is 3. The van der Waals surface area contributed by atoms with Crippen molar-refractivity contribution < 1.29 is 45.4 Å². The maximum atomic E-state index is 14.4. The highest BCUT2D eigenvalue weighted by atomic mass is 35.5. The first-order valence-electron chi connectivity index (χ1n) is 13.8. The van der Waals surface area contributed by atoms with E-state index in [2.05, 4.69) is 15.8 Å². The molecule has 3 aromatic carbocycles. The molecular weight excluding hydrogens is 642 g/mol. The van der Waals surface area contributed by atoms with E-state index >= 15 is 0 Å². The highest BCUT2D eigenvalue weighted by Gasteiger charge is 2.49. The molecule has 240 valence electrons. The van der Waals surface area contributed by atoms with Crippen LogP contribution in [-0.2, 0) is 38.7 Å². The van der Waals surface area contributed by atoms with Crippen molar-refractivity contribution in [1.82, 2.24) is 20.5 Å². The lowest BCUT2D eigenvalue weighted by molar-refractivity contribution is -0.143. The summed E-state index contributed by atoms with van der Waals surface area (Å²) >= 11 is 6.60. The number of carbonyl (C=O) groups excluding carboxylic acids is 1. The summed E-state index contributed by atoms with van der Waals surface area (Å²) < 4.78 is 94.0. The molecule has 6 rings (SSSR count). The van der Waals surface area contributed by atoms with Gasteiger partial charge in [0.05, 0.1) is 36.5 Å². The smallest absolute Gasteiger partial charge is 0.415 e. The topological polar surface area (TPSA) is 87.5 Å². The summed E-state index contributed by atoms with van der Waals surface area (Å²) in [6.45, 7) is 0.0924. The number of nitrogens with zero attached hydrogens (tertiary/aromatic N) is 3. The van der Waals surface area contributed by atoms with Gasteiger partial charge in [-0.15, -0.1) is 10.6 Å². The van der Waals surface area contributed by atoms with Gasteiger partial charge in [-0.25, -0.2) is 4.68 Å². The van der Waals surface area contributed by atoms with Crippen molar-refractivity contribution in [3.8, 4) is 11.3 Å². The van der Waals surface area contributed by atoms with Gasteiger partial charge in [0.1, 0.15) is 17.5 Å². The van der Waals surface area contributed by atoms with E-state index in [1.165, 1.54) is 6.26 Å². The molecule has 8 nitrogen and oxygen atoms in total. The fourth-order valence-corrected chi connectivity index (χ4v) is 5.80. The Morgan fingerprint density at radius 3 is 2.20 bits per heavy atom. The molecule has 3 heterocycles. The molecule has 1 saturated heterocycles. The fraction of sp³-hybridized carbons (Fsp3) is 0.258. The number of alkyl halides is 6. The Bertz CT molecular complexity index is 1760. The molecule has 1 aromatic heterocycles. The number of halogens is 7. The third kappa shape index (κ3) is 6.12. The summed E-state index contributed by atoms with van der Waals surface area (Å²) in [5.74, 6) is -0.687. The van der Waals surface area contributed by atoms with Gasteiger partial charge in [0, 0.05) is 17.0 Å². The van der Waals surface area contributed by atoms with Gasteiger partial charge in [-0.3, -0.25) is 4.79 Å². The van der Waals surface area contributed by atoms with Gasteiger partial charge in [-0.05, 0) is 35.4 Å². The minimum Gasteiger partial charge on any atom is -0.415 e. The van der Waals surface area contributed by atoms with Gasteiger partial charge in [-0.1, -0.05) is 65.3 Å². The van der Waals surface area contributed by atoms with E-state index in [0.717, 1.165) is 4.68 Å². The minimum atomic E-state index is -5.04. The summed E-state index contributed by atoms with van der Waals surface area (Å²) in [4.78, 5) is 19.9. The normalized spacial score (nSPS) is 18.9. The van der Waals surface area contributed by atoms with Crippen molar-refractivity contribution in [3.63, 3.8) is 0 Å². The predicted molar refractivity (Wildman–Crippen MR) is 151 cm³/mol. The zero-order chi connectivity index (χ0) is 32.7. The largest absolute Gasteiger partial charge is 0.416 e. The number of rotatable bonds is 8. The lowest BCUT2D eigenvalue weighted by Gasteiger charge is -2.32. The summed E-state index contributed by atoms with van der Waals surface area (Å²) in [5.41, 5.74) is -1.10. The Morgan fingerprint density at radius 1 is 0.935 bits per heavy atom. The number of hydrogen-bond donors (Lipinski definition) is 1. The maximum absolute atomic E-state index is 14.4. The van der Waals surface area contributed by atoms with Crippen molar-refractivity contribution in [1.29, 1.82) is 0 Å². The number of hydroxylamine groups is 1. The number of nitrogens with one attached hydrogen (secondary N) is 1. The Hall–Kier alpha value is -4.24. The number of ketones is 1. The monoisotopic (exact) mass is 664 g/mol. The van der Waals surface area contributed by atoms with Crippen LogP contribution in [0.1, 0.15) is 39.2 Å². The number of aromatic nitrogens is 3. The van der Waals surface area contributed by atoms with Crippen LogP contribution in [0.2, 0.25) is 5.02 Å². The summed E-state index contributed by atoms with van der Waals surface area (Å²) in [7, 11) is 0. The van der Waals surface area contributed by atoms with Crippen LogP contribution in [0.5, 0.6) is 0 Å². The lowest BCUT2D eigenvalue weighted by atomic mass is 9.78. The molecule has 2 aliphatic heterocycles. The third-order valence-electron chi connectivity index (χ3n) is 7.59. The van der Waals surface area contributed by atoms with Crippen molar-refractivity contribution in [2.24, 2.45) is 0 Å². The van der Waals surface area contributed by atoms with E-state index in [0.29, 0.717) is 41.5 Å². The highest BCUT2D eigenvalue weighted by Crippen LogP contribution is 2.44. The Morgan fingerprint density at radius 2 is 1.57 bits per heavy atom. The summed E-state index contributed by atoms with van der Waals surface area (Å²) in [5, 5.41) is 8.41. The molecule has 0 radical (unpaired) electrons. The van der Waals surface area contributed by atoms with Crippen molar-refractivity contribution in [2.75, 3.05) is 13.2 Å². The van der Waals surface area contributed by atoms with Crippen molar-refractivity contribution in [3.05, 3.63) is 118 Å². The average molecular weight is 665 g/mol. The quantitative estimate of drug-likeness (QED) is 0.161. The first-order chi connectivity index (χ1) is 21.9. The van der Waals surface area contributed by atoms with Crippen LogP contribution in [0, 0.1) is 0 Å². The van der Waals surface area contributed by atoms with Crippen LogP contribution in [0.15, 0.2) is 84.6 Å². The van der Waals surface area contributed by atoms with E-state index in [9.17, 15) is 31.1 Å². The number of ether oxygens (including phenoxy) is 2. The van der Waals surface area contributed by atoms with Gasteiger partial charge in [0.2, 0.25) is 5.78 Å². The van der Waals surface area contributed by atoms with Gasteiger partial charge < -0.3 is 14.3 Å². The van der Waals surface area contributed by atoms with E-state index in [1.54, 1.807) is 54.6 Å². The van der Waals surface area contributed by atoms with E-state index in [1.807, 2.05) is 0 Å². The number of hydrogen-bond acceptors (Lipinski definition) is 7. The maximum Gasteiger partial charge on any atom is 0.416 e. The fourth-order valence-electron chi connectivity index (χ4n) is 5.51. The van der Waals surface area contributed by atoms with E-state index in [4.69, 9.17) is 25.9 Å². The molecule has 0 spiro atoms. The molecule has 1 N–H and O–H groups in total. The second-order valence-electron chi connectivity index (χ2n) is 10.6. The number of carbonyl (C=O) groups is 1. The molecule has 1 unspecified atom stereocenters. The minimum absolute atomic E-state index is 0.0438. The second-order valence-corrected chi connectivity index (χ2v) is 11.0. The molecule has 1 fully saturated rings. The first-order valence-corrected chi connectivity index (χ1v) is 14.2. The first kappa shape index (κ1) is 31.7. The molecule has 2 aliphatic rings. The van der Waals surface area contributed by atoms with Crippen LogP contribution < -0.4 is 5.48 Å². The summed E-state index contributed by atoms with van der Waals surface area (Å²) in [6, 6.07) is 16.2. The molecule has 4 aromatic rings. The standard InChI is InChI=1S/C31H23ClF6N4O4/c32-24-9-5-4-8-22(24)29(15-25-44-10-11-45-25)23(17-46-40-29)28(43)26-27(19-6-2-1-3-7-19)42(41-39-26)16-18-12-20(30(33,34)35)14-21(13-18)31(36,37)38/h1-9,12-14,17,25,40H,10-11,15-16H2. The molecule has 0 amide bonds. The zero-order valence-corrected chi connectivity index (χ0v) is 24.3.